The van der Waals surface area contributed by atoms with Crippen molar-refractivity contribution in [2.75, 3.05) is 0 Å². The summed E-state index contributed by atoms with van der Waals surface area (Å²) in [5.74, 6) is 0.0893. The van der Waals surface area contributed by atoms with Gasteiger partial charge < -0.3 is 9.47 Å². The highest BCUT2D eigenvalue weighted by Crippen LogP contribution is 2.40. The number of ether oxygens (including phenoxy) is 2. The zero-order valence-corrected chi connectivity index (χ0v) is 26.0. The molecule has 1 saturated carbocycles. The Kier molecular flexibility index (Phi) is 12.7. The van der Waals surface area contributed by atoms with Gasteiger partial charge in [0.15, 0.2) is 0 Å². The Hall–Kier alpha value is -2.88. The number of carbonyl (C=O) groups is 2. The summed E-state index contributed by atoms with van der Waals surface area (Å²) in [6, 6.07) is 18.9. The fraction of sp³-hybridized carbons (Fsp3) is 0.579. The van der Waals surface area contributed by atoms with Gasteiger partial charge in [-0.3, -0.25) is 4.79 Å². The zero-order valence-electron chi connectivity index (χ0n) is 26.0. The highest BCUT2D eigenvalue weighted by molar-refractivity contribution is 5.89. The maximum Gasteiger partial charge on any atom is 0.360 e. The van der Waals surface area contributed by atoms with Crippen molar-refractivity contribution in [2.24, 2.45) is 11.8 Å². The van der Waals surface area contributed by atoms with E-state index in [9.17, 15) is 9.59 Å². The van der Waals surface area contributed by atoms with Gasteiger partial charge in [0.05, 0.1) is 0 Å². The van der Waals surface area contributed by atoms with E-state index in [0.29, 0.717) is 29.4 Å². The van der Waals surface area contributed by atoms with Crippen molar-refractivity contribution >= 4 is 11.9 Å². The van der Waals surface area contributed by atoms with Crippen LogP contribution in [0.15, 0.2) is 72.3 Å². The quantitative estimate of drug-likeness (QED) is 0.0978. The molecule has 4 heteroatoms. The predicted molar refractivity (Wildman–Crippen MR) is 170 cm³/mol. The minimum Gasteiger partial charge on any atom is -0.459 e. The third kappa shape index (κ3) is 8.82. The van der Waals surface area contributed by atoms with Crippen LogP contribution in [0.5, 0.6) is 0 Å². The third-order valence-corrected chi connectivity index (χ3v) is 9.24. The average molecular weight is 573 g/mol. The number of rotatable bonds is 14. The summed E-state index contributed by atoms with van der Waals surface area (Å²) >= 11 is 0. The van der Waals surface area contributed by atoms with E-state index in [1.807, 2.05) is 60.7 Å². The van der Waals surface area contributed by atoms with Crippen molar-refractivity contribution in [3.63, 3.8) is 0 Å². The molecule has 4 rings (SSSR count). The van der Waals surface area contributed by atoms with Gasteiger partial charge in [-0.1, -0.05) is 131 Å². The number of esters is 2. The highest BCUT2D eigenvalue weighted by atomic mass is 16.6. The molecule has 1 fully saturated rings. The summed E-state index contributed by atoms with van der Waals surface area (Å²) in [4.78, 5) is 28.0. The van der Waals surface area contributed by atoms with E-state index in [1.54, 1.807) is 5.57 Å². The Labute approximate surface area is 254 Å². The first-order valence-electron chi connectivity index (χ1n) is 16.8. The lowest BCUT2D eigenvalue weighted by molar-refractivity contribution is -0.184. The van der Waals surface area contributed by atoms with Crippen molar-refractivity contribution in [1.29, 1.82) is 0 Å². The lowest BCUT2D eigenvalue weighted by Gasteiger charge is -2.34. The lowest BCUT2D eigenvalue weighted by atomic mass is 9.84. The Balaban J connectivity index is 1.57. The molecule has 2 aliphatic rings. The fourth-order valence-electron chi connectivity index (χ4n) is 6.84. The van der Waals surface area contributed by atoms with E-state index in [1.165, 1.54) is 38.5 Å². The van der Waals surface area contributed by atoms with Gasteiger partial charge in [-0.25, -0.2) is 4.79 Å². The van der Waals surface area contributed by atoms with Crippen molar-refractivity contribution in [3.05, 3.63) is 83.4 Å². The third-order valence-electron chi connectivity index (χ3n) is 9.24. The maximum atomic E-state index is 14.5. The van der Waals surface area contributed by atoms with Gasteiger partial charge in [0.25, 0.3) is 5.60 Å². The molecule has 0 bridgehead atoms. The molecule has 4 nitrogen and oxygen atoms in total. The van der Waals surface area contributed by atoms with E-state index >= 15 is 0 Å². The van der Waals surface area contributed by atoms with Gasteiger partial charge in [-0.05, 0) is 63.2 Å². The Morgan fingerprint density at radius 3 is 2.07 bits per heavy atom. The predicted octanol–water partition coefficient (Wildman–Crippen LogP) is 9.85. The van der Waals surface area contributed by atoms with Crippen LogP contribution in [0.25, 0.3) is 0 Å². The van der Waals surface area contributed by atoms with E-state index in [0.717, 1.165) is 57.8 Å². The molecule has 0 heterocycles. The van der Waals surface area contributed by atoms with Gasteiger partial charge >= 0.3 is 11.9 Å². The normalized spacial score (nSPS) is 21.2. The number of hydrogen-bond acceptors (Lipinski definition) is 4. The second kappa shape index (κ2) is 16.7. The van der Waals surface area contributed by atoms with Gasteiger partial charge in [0.2, 0.25) is 0 Å². The second-order valence-electron chi connectivity index (χ2n) is 12.7. The van der Waals surface area contributed by atoms with Crippen LogP contribution in [0.1, 0.15) is 128 Å². The number of hydrogen-bond donors (Lipinski definition) is 0. The zero-order chi connectivity index (χ0) is 29.6. The van der Waals surface area contributed by atoms with Crippen LogP contribution in [0.3, 0.4) is 0 Å². The van der Waals surface area contributed by atoms with E-state index < -0.39 is 11.6 Å². The minimum absolute atomic E-state index is 0.212. The van der Waals surface area contributed by atoms with Crippen LogP contribution in [0, 0.1) is 11.8 Å². The Morgan fingerprint density at radius 1 is 0.810 bits per heavy atom. The molecular formula is C38H52O4. The molecule has 42 heavy (non-hydrogen) atoms. The van der Waals surface area contributed by atoms with Gasteiger partial charge in [-0.2, -0.15) is 0 Å². The molecule has 0 radical (unpaired) electrons. The van der Waals surface area contributed by atoms with Crippen molar-refractivity contribution < 1.29 is 19.1 Å². The molecular weight excluding hydrogens is 520 g/mol. The molecule has 0 amide bonds. The Morgan fingerprint density at radius 2 is 1.45 bits per heavy atom. The van der Waals surface area contributed by atoms with Crippen LogP contribution in [0.4, 0.5) is 0 Å². The lowest BCUT2D eigenvalue weighted by Crippen LogP contribution is -2.44. The van der Waals surface area contributed by atoms with Crippen molar-refractivity contribution in [1.82, 2.24) is 0 Å². The molecule has 2 aromatic carbocycles. The van der Waals surface area contributed by atoms with E-state index in [-0.39, 0.29) is 12.1 Å². The van der Waals surface area contributed by atoms with Crippen molar-refractivity contribution in [3.8, 4) is 0 Å². The summed E-state index contributed by atoms with van der Waals surface area (Å²) in [6.07, 6.45) is 19.1. The van der Waals surface area contributed by atoms with Gasteiger partial charge in [-0.15, -0.1) is 0 Å². The molecule has 2 aliphatic carbocycles. The molecule has 0 N–H and O–H groups in total. The molecule has 0 aliphatic heterocycles. The number of benzene rings is 2. The average Bonchev–Trinajstić information content (AvgIpc) is 3.21. The minimum atomic E-state index is -1.64. The van der Waals surface area contributed by atoms with Crippen LogP contribution < -0.4 is 0 Å². The Bertz CT molecular complexity index is 1080. The molecule has 2 aromatic rings. The molecule has 3 atom stereocenters. The fourth-order valence-corrected chi connectivity index (χ4v) is 6.84. The molecule has 0 saturated heterocycles. The SMILES string of the molecule is CCCCCCCCCC(=O)OC(C(=O)OC1CC(C)CCC(C2=CCCCC2)C1)(c1ccccc1)c1ccccc1. The molecule has 228 valence electrons. The van der Waals surface area contributed by atoms with E-state index in [2.05, 4.69) is 19.9 Å². The number of carbonyl (C=O) groups excluding carboxylic acids is 2. The van der Waals surface area contributed by atoms with Crippen LogP contribution in [0.2, 0.25) is 0 Å². The molecule has 3 unspecified atom stereocenters. The standard InChI is InChI=1S/C38H52O4/c1-3-4-5-6-7-8-18-25-36(39)42-38(33-21-14-10-15-22-33,34-23-16-11-17-24-34)37(40)41-35-28-30(2)26-27-32(29-35)31-19-12-9-13-20-31/h10-11,14-17,19,21-24,30,32,35H,3-9,12-13,18,20,25-29H2,1-2H3. The summed E-state index contributed by atoms with van der Waals surface area (Å²) in [5, 5.41) is 0. The van der Waals surface area contributed by atoms with Crippen molar-refractivity contribution in [2.45, 2.75) is 128 Å². The topological polar surface area (TPSA) is 52.6 Å². The van der Waals surface area contributed by atoms with Crippen LogP contribution in [-0.4, -0.2) is 18.0 Å². The smallest absolute Gasteiger partial charge is 0.360 e. The summed E-state index contributed by atoms with van der Waals surface area (Å²) < 4.78 is 12.8. The number of unbranched alkanes of at least 4 members (excludes halogenated alkanes) is 6. The van der Waals surface area contributed by atoms with Crippen LogP contribution in [-0.2, 0) is 24.7 Å². The first-order chi connectivity index (χ1) is 20.5. The summed E-state index contributed by atoms with van der Waals surface area (Å²) in [7, 11) is 0. The summed E-state index contributed by atoms with van der Waals surface area (Å²) in [6.45, 7) is 4.48. The van der Waals surface area contributed by atoms with E-state index in [4.69, 9.17) is 9.47 Å². The molecule has 0 spiro atoms. The van der Waals surface area contributed by atoms with Gasteiger partial charge in [0.1, 0.15) is 6.10 Å². The molecule has 0 aromatic heterocycles. The number of allylic oxidation sites excluding steroid dienone is 2. The monoisotopic (exact) mass is 572 g/mol. The highest BCUT2D eigenvalue weighted by Gasteiger charge is 2.49. The largest absolute Gasteiger partial charge is 0.459 e. The van der Waals surface area contributed by atoms with Gasteiger partial charge in [0, 0.05) is 17.5 Å². The first kappa shape index (κ1) is 32.0. The maximum absolute atomic E-state index is 14.5. The second-order valence-corrected chi connectivity index (χ2v) is 12.7. The first-order valence-corrected chi connectivity index (χ1v) is 16.8. The summed E-state index contributed by atoms with van der Waals surface area (Å²) in [5.41, 5.74) is 1.16. The van der Waals surface area contributed by atoms with Crippen LogP contribution >= 0.6 is 0 Å².